The van der Waals surface area contributed by atoms with Gasteiger partial charge in [0.05, 0.1) is 5.52 Å². The molecule has 0 radical (unpaired) electrons. The summed E-state index contributed by atoms with van der Waals surface area (Å²) in [4.78, 5) is 20.2. The summed E-state index contributed by atoms with van der Waals surface area (Å²) < 4.78 is 5.02. The Balaban J connectivity index is 0.00000210. The van der Waals surface area contributed by atoms with Crippen molar-refractivity contribution >= 4 is 64.9 Å². The van der Waals surface area contributed by atoms with E-state index in [-0.39, 0.29) is 49.3 Å². The van der Waals surface area contributed by atoms with E-state index in [1.54, 1.807) is 25.3 Å². The quantitative estimate of drug-likeness (QED) is 0.385. The molecule has 8 nitrogen and oxygen atoms in total. The zero-order chi connectivity index (χ0) is 19.4. The lowest BCUT2D eigenvalue weighted by Crippen LogP contribution is -2.49. The average Bonchev–Trinajstić information content (AvgIpc) is 2.63. The number of rotatable bonds is 6. The summed E-state index contributed by atoms with van der Waals surface area (Å²) >= 11 is 6.14. The van der Waals surface area contributed by atoms with Gasteiger partial charge in [0.15, 0.2) is 0 Å². The Morgan fingerprint density at radius 3 is 2.62 bits per heavy atom. The molecule has 0 saturated heterocycles. The maximum absolute atomic E-state index is 11.6. The van der Waals surface area contributed by atoms with Gasteiger partial charge in [-0.05, 0) is 31.0 Å². The van der Waals surface area contributed by atoms with Gasteiger partial charge < -0.3 is 21.1 Å². The van der Waals surface area contributed by atoms with Crippen molar-refractivity contribution in [3.8, 4) is 0 Å². The molecule has 2 atom stereocenters. The Kier molecular flexibility index (Phi) is 9.85. The molecule has 1 aromatic carbocycles. The number of benzene rings is 1. The number of ether oxygens (including phenoxy) is 1. The van der Waals surface area contributed by atoms with Crippen LogP contribution in [-0.4, -0.2) is 47.5 Å². The monoisotopic (exact) mass is 462 g/mol. The number of nitrogens with zero attached hydrogens (tertiary/aromatic N) is 2. The number of amidine groups is 1. The van der Waals surface area contributed by atoms with Crippen LogP contribution in [0.5, 0.6) is 0 Å². The minimum absolute atomic E-state index is 0. The van der Waals surface area contributed by atoms with Crippen LogP contribution in [0.25, 0.3) is 10.9 Å². The van der Waals surface area contributed by atoms with Gasteiger partial charge in [-0.3, -0.25) is 10.2 Å². The van der Waals surface area contributed by atoms with E-state index in [2.05, 4.69) is 20.6 Å². The highest BCUT2D eigenvalue weighted by molar-refractivity contribution is 6.31. The first-order valence-electron chi connectivity index (χ1n) is 8.84. The first-order valence-corrected chi connectivity index (χ1v) is 9.22. The fourth-order valence-electron chi connectivity index (χ4n) is 3.38. The molecule has 1 saturated carbocycles. The van der Waals surface area contributed by atoms with Gasteiger partial charge in [0.25, 0.3) is 5.91 Å². The highest BCUT2D eigenvalue weighted by Gasteiger charge is 2.27. The van der Waals surface area contributed by atoms with Gasteiger partial charge in [0, 0.05) is 29.6 Å². The average molecular weight is 464 g/mol. The molecule has 11 heteroatoms. The zero-order valence-electron chi connectivity index (χ0n) is 15.9. The number of anilines is 1. The van der Waals surface area contributed by atoms with Crippen molar-refractivity contribution in [1.82, 2.24) is 15.3 Å². The number of primary amides is 1. The molecule has 0 unspecified atom stereocenters. The smallest absolute Gasteiger partial charge is 0.286 e. The number of nitrogens with two attached hydrogens (primary N) is 1. The lowest BCUT2D eigenvalue weighted by Gasteiger charge is -2.34. The molecular weight excluding hydrogens is 439 g/mol. The van der Waals surface area contributed by atoms with Crippen molar-refractivity contribution in [3.63, 3.8) is 0 Å². The molecule has 1 fully saturated rings. The maximum atomic E-state index is 11.6. The lowest BCUT2D eigenvalue weighted by atomic mass is 9.90. The van der Waals surface area contributed by atoms with Crippen LogP contribution >= 0.6 is 36.4 Å². The molecule has 5 N–H and O–H groups in total. The van der Waals surface area contributed by atoms with E-state index in [4.69, 9.17) is 27.5 Å². The summed E-state index contributed by atoms with van der Waals surface area (Å²) in [7, 11) is 1.56. The first kappa shape index (κ1) is 25.2. The molecule has 0 aliphatic heterocycles. The molecule has 1 heterocycles. The van der Waals surface area contributed by atoms with Crippen molar-refractivity contribution < 1.29 is 9.53 Å². The second-order valence-corrected chi connectivity index (χ2v) is 7.06. The predicted octanol–water partition coefficient (Wildman–Crippen LogP) is 3.16. The van der Waals surface area contributed by atoms with E-state index in [9.17, 15) is 4.79 Å². The zero-order valence-corrected chi connectivity index (χ0v) is 18.3. The van der Waals surface area contributed by atoms with Gasteiger partial charge in [0.2, 0.25) is 5.82 Å². The van der Waals surface area contributed by atoms with Crippen LogP contribution < -0.4 is 16.4 Å². The number of carbonyl (C=O) groups excluding carboxylic acids is 1. The van der Waals surface area contributed by atoms with Crippen LogP contribution in [-0.2, 0) is 4.74 Å². The van der Waals surface area contributed by atoms with Crippen LogP contribution in [0.1, 0.15) is 36.3 Å². The second kappa shape index (κ2) is 11.3. The summed E-state index contributed by atoms with van der Waals surface area (Å²) in [6.07, 6.45) is 3.99. The van der Waals surface area contributed by atoms with Gasteiger partial charge in [-0.2, -0.15) is 0 Å². The molecule has 1 aliphatic rings. The molecule has 1 amide bonds. The molecule has 0 bridgehead atoms. The number of halogens is 3. The third kappa shape index (κ3) is 6.30. The van der Waals surface area contributed by atoms with Crippen molar-refractivity contribution in [2.75, 3.05) is 19.0 Å². The van der Waals surface area contributed by atoms with Gasteiger partial charge in [-0.15, -0.1) is 24.8 Å². The number of methoxy groups -OCH3 is 1. The number of hydrogen-bond donors (Lipinski definition) is 4. The highest BCUT2D eigenvalue weighted by Crippen LogP contribution is 2.28. The SMILES string of the molecule is COCC(=N)N[C@@H]1CCCC[C@@H]1Nc1nc(C(N)=O)nc2ccc(Cl)cc12.Cl.Cl. The van der Waals surface area contributed by atoms with E-state index in [1.807, 2.05) is 0 Å². The topological polar surface area (TPSA) is 126 Å². The first-order chi connectivity index (χ1) is 13.0. The van der Waals surface area contributed by atoms with Gasteiger partial charge in [0.1, 0.15) is 18.3 Å². The Labute approximate surface area is 186 Å². The molecule has 0 spiro atoms. The predicted molar refractivity (Wildman–Crippen MR) is 120 cm³/mol. The van der Waals surface area contributed by atoms with Crippen molar-refractivity contribution in [2.24, 2.45) is 5.73 Å². The van der Waals surface area contributed by atoms with Crippen LogP contribution in [0.15, 0.2) is 18.2 Å². The van der Waals surface area contributed by atoms with E-state index >= 15 is 0 Å². The Morgan fingerprint density at radius 1 is 1.28 bits per heavy atom. The third-order valence-electron chi connectivity index (χ3n) is 4.61. The molecule has 160 valence electrons. The van der Waals surface area contributed by atoms with E-state index in [0.717, 1.165) is 31.1 Å². The number of nitrogens with one attached hydrogen (secondary N) is 3. The van der Waals surface area contributed by atoms with E-state index < -0.39 is 5.91 Å². The number of hydrogen-bond acceptors (Lipinski definition) is 6. The highest BCUT2D eigenvalue weighted by atomic mass is 35.5. The largest absolute Gasteiger partial charge is 0.377 e. The number of aromatic nitrogens is 2. The van der Waals surface area contributed by atoms with Crippen LogP contribution in [0, 0.1) is 5.41 Å². The van der Waals surface area contributed by atoms with Crippen molar-refractivity contribution in [1.29, 1.82) is 5.41 Å². The van der Waals surface area contributed by atoms with Crippen molar-refractivity contribution in [2.45, 2.75) is 37.8 Å². The summed E-state index contributed by atoms with van der Waals surface area (Å²) in [5.41, 5.74) is 5.99. The second-order valence-electron chi connectivity index (χ2n) is 6.62. The summed E-state index contributed by atoms with van der Waals surface area (Å²) in [6.45, 7) is 0.237. The lowest BCUT2D eigenvalue weighted by molar-refractivity contribution is 0.0991. The Bertz CT molecular complexity index is 867. The molecule has 2 aromatic rings. The molecule has 3 rings (SSSR count). The third-order valence-corrected chi connectivity index (χ3v) is 4.85. The number of fused-ring (bicyclic) bond motifs is 1. The Morgan fingerprint density at radius 2 is 1.97 bits per heavy atom. The summed E-state index contributed by atoms with van der Waals surface area (Å²) in [5.74, 6) is 0.132. The summed E-state index contributed by atoms with van der Waals surface area (Å²) in [5, 5.41) is 15.9. The van der Waals surface area contributed by atoms with Crippen LogP contribution in [0.3, 0.4) is 0 Å². The van der Waals surface area contributed by atoms with E-state index in [1.165, 1.54) is 0 Å². The molecule has 1 aliphatic carbocycles. The number of amides is 1. The van der Waals surface area contributed by atoms with Crippen molar-refractivity contribution in [3.05, 3.63) is 29.0 Å². The van der Waals surface area contributed by atoms with Gasteiger partial charge in [-0.1, -0.05) is 24.4 Å². The molecule has 29 heavy (non-hydrogen) atoms. The summed E-state index contributed by atoms with van der Waals surface area (Å²) in [6, 6.07) is 5.31. The maximum Gasteiger partial charge on any atom is 0.286 e. The Hall–Kier alpha value is -1.87. The van der Waals surface area contributed by atoms with Gasteiger partial charge in [-0.25, -0.2) is 9.97 Å². The minimum Gasteiger partial charge on any atom is -0.377 e. The standard InChI is InChI=1S/C18H23ClN6O2.2ClH/c1-27-9-15(20)22-13-4-2-3-5-14(13)24-17-11-8-10(19)6-7-12(11)23-18(25-17)16(21)26;;/h6-8,13-14H,2-5,9H2,1H3,(H2,20,22)(H2,21,26)(H,23,24,25);2*1H/t13-,14+;;/m1../s1. The molecule has 1 aromatic heterocycles. The minimum atomic E-state index is -0.685. The number of carbonyl (C=O) groups is 1. The van der Waals surface area contributed by atoms with Gasteiger partial charge >= 0.3 is 0 Å². The normalized spacial score (nSPS) is 18.3. The van der Waals surface area contributed by atoms with E-state index in [0.29, 0.717) is 22.2 Å². The van der Waals surface area contributed by atoms with Crippen LogP contribution in [0.2, 0.25) is 5.02 Å². The van der Waals surface area contributed by atoms with Crippen LogP contribution in [0.4, 0.5) is 5.82 Å². The molecular formula is C18H25Cl3N6O2. The fraction of sp³-hybridized carbons (Fsp3) is 0.444. The fourth-order valence-corrected chi connectivity index (χ4v) is 3.55.